The average Bonchev–Trinajstić information content (AvgIpc) is 2.71. The largest absolute Gasteiger partial charge is 0.481 e. The molecule has 0 bridgehead atoms. The van der Waals surface area contributed by atoms with E-state index >= 15 is 0 Å². The van der Waals surface area contributed by atoms with Gasteiger partial charge in [0, 0.05) is 13.0 Å². The molecule has 0 saturated carbocycles. The second kappa shape index (κ2) is 15.0. The monoisotopic (exact) mass is 489 g/mol. The van der Waals surface area contributed by atoms with Gasteiger partial charge in [0.15, 0.2) is 5.96 Å². The van der Waals surface area contributed by atoms with Gasteiger partial charge in [-0.25, -0.2) is 4.79 Å². The van der Waals surface area contributed by atoms with Gasteiger partial charge in [-0.1, -0.05) is 0 Å². The van der Waals surface area contributed by atoms with E-state index in [1.54, 1.807) is 0 Å². The van der Waals surface area contributed by atoms with Crippen LogP contribution < -0.4 is 33.2 Å². The normalized spacial score (nSPS) is 13.9. The van der Waals surface area contributed by atoms with Crippen LogP contribution in [0.3, 0.4) is 0 Å². The van der Waals surface area contributed by atoms with Gasteiger partial charge in [-0.05, 0) is 26.2 Å². The van der Waals surface area contributed by atoms with Crippen molar-refractivity contribution in [1.82, 2.24) is 16.0 Å². The maximum absolute atomic E-state index is 12.8. The molecule has 34 heavy (non-hydrogen) atoms. The molecule has 0 rings (SSSR count). The van der Waals surface area contributed by atoms with Crippen molar-refractivity contribution in [3.8, 4) is 0 Å². The van der Waals surface area contributed by atoms with Gasteiger partial charge >= 0.3 is 17.9 Å². The van der Waals surface area contributed by atoms with Crippen LogP contribution >= 0.6 is 0 Å². The average molecular weight is 489 g/mol. The van der Waals surface area contributed by atoms with Crippen LogP contribution in [0.1, 0.15) is 39.0 Å². The zero-order chi connectivity index (χ0) is 26.4. The molecule has 0 aromatic heterocycles. The third-order valence-corrected chi connectivity index (χ3v) is 4.27. The van der Waals surface area contributed by atoms with E-state index in [0.29, 0.717) is 0 Å². The number of rotatable bonds is 16. The molecule has 0 spiro atoms. The van der Waals surface area contributed by atoms with E-state index in [-0.39, 0.29) is 25.3 Å². The van der Waals surface area contributed by atoms with E-state index in [9.17, 15) is 28.8 Å². The molecule has 0 radical (unpaired) electrons. The summed E-state index contributed by atoms with van der Waals surface area (Å²) in [5.41, 5.74) is 16.0. The van der Waals surface area contributed by atoms with Crippen LogP contribution in [0.15, 0.2) is 4.99 Å². The number of nitrogens with two attached hydrogens (primary N) is 3. The Balaban J connectivity index is 5.57. The minimum atomic E-state index is -1.82. The molecular formula is C18H31N7O9. The molecule has 0 fully saturated rings. The van der Waals surface area contributed by atoms with E-state index in [2.05, 4.69) is 15.6 Å². The number of carbonyl (C=O) groups is 6. The number of amides is 3. The Morgan fingerprint density at radius 1 is 0.794 bits per heavy atom. The number of guanidine groups is 1. The van der Waals surface area contributed by atoms with Crippen LogP contribution in [0.4, 0.5) is 0 Å². The van der Waals surface area contributed by atoms with Crippen LogP contribution in [0, 0.1) is 0 Å². The first kappa shape index (κ1) is 30.1. The van der Waals surface area contributed by atoms with Crippen molar-refractivity contribution >= 4 is 41.6 Å². The number of nitrogens with zero attached hydrogens (tertiary/aromatic N) is 1. The van der Waals surface area contributed by atoms with Gasteiger partial charge in [0.25, 0.3) is 0 Å². The molecule has 0 aromatic carbocycles. The second-order valence-electron chi connectivity index (χ2n) is 7.29. The predicted molar refractivity (Wildman–Crippen MR) is 116 cm³/mol. The Hall–Kier alpha value is -3.95. The molecule has 4 atom stereocenters. The Kier molecular flexibility index (Phi) is 13.2. The standard InChI is InChI=1S/C18H31N7O9/c1-8(19)14(30)23-9(3-2-6-22-18(20)21)15(31)24-10(4-5-12(26)27)16(32)25-11(17(33)34)7-13(28)29/h8-11H,2-7,19H2,1H3,(H,23,30)(H,24,31)(H,25,32)(H,26,27)(H,28,29)(H,33,34)(H4,20,21,22). The van der Waals surface area contributed by atoms with Gasteiger partial charge in [-0.3, -0.25) is 29.0 Å². The third kappa shape index (κ3) is 12.8. The molecule has 0 heterocycles. The fourth-order valence-electron chi connectivity index (χ4n) is 2.53. The van der Waals surface area contributed by atoms with Crippen molar-refractivity contribution in [2.45, 2.75) is 63.2 Å². The number of nitrogens with one attached hydrogen (secondary N) is 3. The highest BCUT2D eigenvalue weighted by Crippen LogP contribution is 2.05. The molecule has 3 amide bonds. The number of hydrogen-bond acceptors (Lipinski definition) is 8. The van der Waals surface area contributed by atoms with Crippen LogP contribution in [0.2, 0.25) is 0 Å². The first-order valence-corrected chi connectivity index (χ1v) is 10.1. The Morgan fingerprint density at radius 2 is 1.29 bits per heavy atom. The van der Waals surface area contributed by atoms with Crippen molar-refractivity contribution in [3.63, 3.8) is 0 Å². The topological polar surface area (TPSA) is 290 Å². The number of carboxylic acids is 3. The molecule has 16 nitrogen and oxygen atoms in total. The van der Waals surface area contributed by atoms with Gasteiger partial charge in [0.05, 0.1) is 12.5 Å². The minimum absolute atomic E-state index is 0.0190. The maximum Gasteiger partial charge on any atom is 0.326 e. The summed E-state index contributed by atoms with van der Waals surface area (Å²) >= 11 is 0. The van der Waals surface area contributed by atoms with Crippen molar-refractivity contribution in [3.05, 3.63) is 0 Å². The number of carboxylic acid groups (broad SMARTS) is 3. The number of aliphatic carboxylic acids is 3. The van der Waals surface area contributed by atoms with Crippen molar-refractivity contribution in [2.24, 2.45) is 22.2 Å². The summed E-state index contributed by atoms with van der Waals surface area (Å²) in [7, 11) is 0. The van der Waals surface area contributed by atoms with E-state index in [1.807, 2.05) is 5.32 Å². The molecule has 0 aromatic rings. The summed E-state index contributed by atoms with van der Waals surface area (Å²) in [4.78, 5) is 74.1. The van der Waals surface area contributed by atoms with E-state index in [4.69, 9.17) is 32.5 Å². The van der Waals surface area contributed by atoms with Gasteiger partial charge < -0.3 is 48.5 Å². The Bertz CT molecular complexity index is 797. The van der Waals surface area contributed by atoms with Crippen LogP contribution in [-0.2, 0) is 28.8 Å². The quantitative estimate of drug-likeness (QED) is 0.0574. The molecule has 16 heteroatoms. The number of carbonyl (C=O) groups excluding carboxylic acids is 3. The first-order valence-electron chi connectivity index (χ1n) is 10.1. The van der Waals surface area contributed by atoms with E-state index in [0.717, 1.165) is 0 Å². The fourth-order valence-corrected chi connectivity index (χ4v) is 2.53. The van der Waals surface area contributed by atoms with Crippen molar-refractivity contribution in [1.29, 1.82) is 0 Å². The SMILES string of the molecule is CC(N)C(=O)NC(CCCN=C(N)N)C(=O)NC(CCC(=O)O)C(=O)NC(CC(=O)O)C(=O)O. The highest BCUT2D eigenvalue weighted by Gasteiger charge is 2.31. The summed E-state index contributed by atoms with van der Waals surface area (Å²) in [6.45, 7) is 1.50. The summed E-state index contributed by atoms with van der Waals surface area (Å²) < 4.78 is 0. The summed E-state index contributed by atoms with van der Waals surface area (Å²) in [5.74, 6) is -7.29. The molecule has 0 aliphatic rings. The van der Waals surface area contributed by atoms with Crippen LogP contribution in [0.5, 0.6) is 0 Å². The van der Waals surface area contributed by atoms with Gasteiger partial charge in [-0.15, -0.1) is 0 Å². The number of aliphatic imine (C=N–C) groups is 1. The zero-order valence-electron chi connectivity index (χ0n) is 18.5. The van der Waals surface area contributed by atoms with Gasteiger partial charge in [0.2, 0.25) is 17.7 Å². The molecule has 0 aliphatic carbocycles. The summed E-state index contributed by atoms with van der Waals surface area (Å²) in [5, 5.41) is 33.5. The maximum atomic E-state index is 12.8. The van der Waals surface area contributed by atoms with Gasteiger partial charge in [-0.2, -0.15) is 0 Å². The van der Waals surface area contributed by atoms with E-state index < -0.39 is 79.1 Å². The highest BCUT2D eigenvalue weighted by atomic mass is 16.4. The third-order valence-electron chi connectivity index (χ3n) is 4.27. The summed E-state index contributed by atoms with van der Waals surface area (Å²) in [6, 6.07) is -5.53. The molecule has 0 aliphatic heterocycles. The highest BCUT2D eigenvalue weighted by molar-refractivity contribution is 5.94. The molecular weight excluding hydrogens is 458 g/mol. The smallest absolute Gasteiger partial charge is 0.326 e. The van der Waals surface area contributed by atoms with Crippen LogP contribution in [-0.4, -0.2) is 87.6 Å². The lowest BCUT2D eigenvalue weighted by molar-refractivity contribution is -0.147. The lowest BCUT2D eigenvalue weighted by atomic mass is 10.1. The van der Waals surface area contributed by atoms with Gasteiger partial charge in [0.1, 0.15) is 18.1 Å². The van der Waals surface area contributed by atoms with Crippen molar-refractivity contribution in [2.75, 3.05) is 6.54 Å². The number of hydrogen-bond donors (Lipinski definition) is 9. The molecule has 12 N–H and O–H groups in total. The summed E-state index contributed by atoms with van der Waals surface area (Å²) in [6.07, 6.45) is -1.70. The fraction of sp³-hybridized carbons (Fsp3) is 0.611. The lowest BCUT2D eigenvalue weighted by Gasteiger charge is -2.24. The van der Waals surface area contributed by atoms with Crippen LogP contribution in [0.25, 0.3) is 0 Å². The van der Waals surface area contributed by atoms with Crippen molar-refractivity contribution < 1.29 is 44.1 Å². The minimum Gasteiger partial charge on any atom is -0.481 e. The molecule has 0 saturated heterocycles. The Labute approximate surface area is 194 Å². The predicted octanol–water partition coefficient (Wildman–Crippen LogP) is -3.73. The zero-order valence-corrected chi connectivity index (χ0v) is 18.5. The van der Waals surface area contributed by atoms with E-state index in [1.165, 1.54) is 6.92 Å². The Morgan fingerprint density at radius 3 is 1.74 bits per heavy atom. The first-order chi connectivity index (χ1) is 15.7. The molecule has 4 unspecified atom stereocenters. The second-order valence-corrected chi connectivity index (χ2v) is 7.29. The lowest BCUT2D eigenvalue weighted by Crippen LogP contribution is -2.57. The molecule has 192 valence electrons.